The van der Waals surface area contributed by atoms with Crippen molar-refractivity contribution in [2.24, 2.45) is 4.99 Å². The number of aromatic nitrogens is 1. The lowest BCUT2D eigenvalue weighted by molar-refractivity contribution is -0.140. The van der Waals surface area contributed by atoms with Gasteiger partial charge in [-0.15, -0.1) is 0 Å². The van der Waals surface area contributed by atoms with Crippen molar-refractivity contribution < 1.29 is 24.5 Å². The fraction of sp³-hybridized carbons (Fsp3) is 0.192. The number of aliphatic hydroxyl groups excluding tert-OH is 1. The van der Waals surface area contributed by atoms with Gasteiger partial charge in [0.2, 0.25) is 0 Å². The Kier molecular flexibility index (Phi) is 6.77. The van der Waals surface area contributed by atoms with Crippen molar-refractivity contribution >= 4 is 56.9 Å². The summed E-state index contributed by atoms with van der Waals surface area (Å²) in [5, 5.41) is 23.6. The van der Waals surface area contributed by atoms with Crippen molar-refractivity contribution in [2.75, 3.05) is 18.5 Å². The Bertz CT molecular complexity index is 1470. The first kappa shape index (κ1) is 24.1. The highest BCUT2D eigenvalue weighted by molar-refractivity contribution is 7.13. The predicted octanol–water partition coefficient (Wildman–Crippen LogP) is 5.38. The van der Waals surface area contributed by atoms with Crippen molar-refractivity contribution in [3.05, 3.63) is 65.2 Å². The number of halogens is 1. The molecule has 184 valence electrons. The zero-order valence-electron chi connectivity index (χ0n) is 19.1. The van der Waals surface area contributed by atoms with Crippen LogP contribution in [0.1, 0.15) is 12.5 Å². The van der Waals surface area contributed by atoms with E-state index in [0.29, 0.717) is 41.1 Å². The smallest absolute Gasteiger partial charge is 0.331 e. The van der Waals surface area contributed by atoms with E-state index >= 15 is 0 Å². The van der Waals surface area contributed by atoms with Gasteiger partial charge in [0.1, 0.15) is 13.2 Å². The molecule has 4 aromatic rings. The van der Waals surface area contributed by atoms with Crippen LogP contribution in [0.3, 0.4) is 0 Å². The second-order valence-corrected chi connectivity index (χ2v) is 9.42. The van der Waals surface area contributed by atoms with Crippen LogP contribution in [0.5, 0.6) is 11.5 Å². The van der Waals surface area contributed by atoms with Gasteiger partial charge in [0.05, 0.1) is 21.5 Å². The Labute approximate surface area is 216 Å². The van der Waals surface area contributed by atoms with Gasteiger partial charge < -0.3 is 25.0 Å². The molecule has 0 amide bonds. The summed E-state index contributed by atoms with van der Waals surface area (Å²) in [5.74, 6) is 0.897. The van der Waals surface area contributed by atoms with E-state index in [1.807, 2.05) is 54.6 Å². The van der Waals surface area contributed by atoms with Crippen LogP contribution >= 0.6 is 23.1 Å². The summed E-state index contributed by atoms with van der Waals surface area (Å²) >= 11 is 8.10. The first-order valence-electron chi connectivity index (χ1n) is 11.2. The Morgan fingerprint density at radius 2 is 1.97 bits per heavy atom. The average molecular weight is 524 g/mol. The van der Waals surface area contributed by atoms with Gasteiger partial charge in [-0.25, -0.2) is 4.79 Å². The minimum absolute atomic E-state index is 0.511. The summed E-state index contributed by atoms with van der Waals surface area (Å²) in [6.45, 7) is 2.44. The van der Waals surface area contributed by atoms with E-state index in [-0.39, 0.29) is 0 Å². The SMILES string of the molecule is CC(O)C(N=Cc1ccc2c(Nc3cccc(-c4ccc5c(c4)OCCO5)c3Cl)nsc2c1)C(=O)O. The van der Waals surface area contributed by atoms with Crippen molar-refractivity contribution in [2.45, 2.75) is 19.1 Å². The third-order valence-corrected chi connectivity index (χ3v) is 6.91. The van der Waals surface area contributed by atoms with Crippen LogP contribution in [0.4, 0.5) is 11.5 Å². The molecule has 5 rings (SSSR count). The third-order valence-electron chi connectivity index (χ3n) is 5.70. The van der Waals surface area contributed by atoms with Gasteiger partial charge in [-0.2, -0.15) is 4.37 Å². The molecule has 0 saturated carbocycles. The van der Waals surface area contributed by atoms with Crippen molar-refractivity contribution in [1.29, 1.82) is 0 Å². The predicted molar refractivity (Wildman–Crippen MR) is 141 cm³/mol. The van der Waals surface area contributed by atoms with Crippen LogP contribution in [0, 0.1) is 0 Å². The zero-order chi connectivity index (χ0) is 25.2. The second-order valence-electron chi connectivity index (χ2n) is 8.24. The maximum atomic E-state index is 11.2. The summed E-state index contributed by atoms with van der Waals surface area (Å²) in [6.07, 6.45) is 0.357. The quantitative estimate of drug-likeness (QED) is 0.278. The lowest BCUT2D eigenvalue weighted by Gasteiger charge is -2.19. The van der Waals surface area contributed by atoms with E-state index in [4.69, 9.17) is 21.1 Å². The van der Waals surface area contributed by atoms with Gasteiger partial charge in [-0.05, 0) is 59.9 Å². The molecule has 2 atom stereocenters. The van der Waals surface area contributed by atoms with Crippen LogP contribution < -0.4 is 14.8 Å². The summed E-state index contributed by atoms with van der Waals surface area (Å²) in [5.41, 5.74) is 3.19. The van der Waals surface area contributed by atoms with Crippen molar-refractivity contribution in [1.82, 2.24) is 4.37 Å². The van der Waals surface area contributed by atoms with E-state index in [1.165, 1.54) is 24.7 Å². The maximum absolute atomic E-state index is 11.2. The summed E-state index contributed by atoms with van der Waals surface area (Å²) in [6, 6.07) is 15.9. The molecule has 0 fully saturated rings. The standard InChI is InChI=1S/C26H22ClN3O5S/c1-14(31)24(26(32)33)28-13-15-5-7-18-22(11-15)36-30-25(18)29-19-4-2-3-17(23(19)27)16-6-8-20-21(12-16)35-10-9-34-20/h2-8,11-14,24,31H,9-10H2,1H3,(H,29,30)(H,32,33). The van der Waals surface area contributed by atoms with Crippen LogP contribution in [0.2, 0.25) is 5.02 Å². The molecule has 1 aliphatic heterocycles. The van der Waals surface area contributed by atoms with Crippen LogP contribution in [0.15, 0.2) is 59.6 Å². The number of carbonyl (C=O) groups is 1. The number of hydrogen-bond donors (Lipinski definition) is 3. The number of hydrogen-bond acceptors (Lipinski definition) is 8. The lowest BCUT2D eigenvalue weighted by Crippen LogP contribution is -2.29. The number of anilines is 2. The Hall–Kier alpha value is -3.66. The maximum Gasteiger partial charge on any atom is 0.331 e. The van der Waals surface area contributed by atoms with Crippen LogP contribution in [-0.4, -0.2) is 52.1 Å². The molecule has 3 N–H and O–H groups in total. The van der Waals surface area contributed by atoms with Gasteiger partial charge >= 0.3 is 5.97 Å². The van der Waals surface area contributed by atoms with Crippen LogP contribution in [0.25, 0.3) is 21.2 Å². The van der Waals surface area contributed by atoms with E-state index in [9.17, 15) is 15.0 Å². The van der Waals surface area contributed by atoms with E-state index in [2.05, 4.69) is 14.7 Å². The normalized spacial score (nSPS) is 14.6. The molecule has 1 aromatic heterocycles. The summed E-state index contributed by atoms with van der Waals surface area (Å²) in [4.78, 5) is 15.3. The number of rotatable bonds is 7. The minimum atomic E-state index is -1.22. The summed E-state index contributed by atoms with van der Waals surface area (Å²) < 4.78 is 16.8. The van der Waals surface area contributed by atoms with E-state index < -0.39 is 18.1 Å². The summed E-state index contributed by atoms with van der Waals surface area (Å²) in [7, 11) is 0. The molecule has 0 radical (unpaired) electrons. The molecule has 0 bridgehead atoms. The fourth-order valence-electron chi connectivity index (χ4n) is 3.88. The highest BCUT2D eigenvalue weighted by Crippen LogP contribution is 2.40. The Balaban J connectivity index is 1.40. The zero-order valence-corrected chi connectivity index (χ0v) is 20.7. The number of carboxylic acids is 1. The minimum Gasteiger partial charge on any atom is -0.486 e. The van der Waals surface area contributed by atoms with Gasteiger partial charge in [0.25, 0.3) is 0 Å². The van der Waals surface area contributed by atoms with E-state index in [0.717, 1.165) is 27.0 Å². The molecule has 0 spiro atoms. The fourth-order valence-corrected chi connectivity index (χ4v) is 4.94. The van der Waals surface area contributed by atoms with Crippen LogP contribution in [-0.2, 0) is 4.79 Å². The lowest BCUT2D eigenvalue weighted by atomic mass is 10.0. The molecular weight excluding hydrogens is 502 g/mol. The van der Waals surface area contributed by atoms with E-state index in [1.54, 1.807) is 0 Å². The molecular formula is C26H22ClN3O5S. The van der Waals surface area contributed by atoms with Gasteiger partial charge in [-0.3, -0.25) is 4.99 Å². The number of fused-ring (bicyclic) bond motifs is 2. The molecule has 0 saturated heterocycles. The van der Waals surface area contributed by atoms with Gasteiger partial charge in [-0.1, -0.05) is 35.9 Å². The highest BCUT2D eigenvalue weighted by atomic mass is 35.5. The van der Waals surface area contributed by atoms with Crippen molar-refractivity contribution in [3.8, 4) is 22.6 Å². The number of benzene rings is 3. The molecule has 2 heterocycles. The topological polar surface area (TPSA) is 113 Å². The molecule has 10 heteroatoms. The molecule has 2 unspecified atom stereocenters. The Morgan fingerprint density at radius 1 is 1.17 bits per heavy atom. The largest absolute Gasteiger partial charge is 0.486 e. The number of carboxylic acid groups (broad SMARTS) is 1. The molecule has 1 aliphatic rings. The number of aliphatic hydroxyl groups is 1. The molecule has 8 nitrogen and oxygen atoms in total. The number of ether oxygens (including phenoxy) is 2. The first-order chi connectivity index (χ1) is 17.4. The number of aliphatic imine (C=N–C) groups is 1. The molecule has 36 heavy (non-hydrogen) atoms. The monoisotopic (exact) mass is 523 g/mol. The van der Waals surface area contributed by atoms with Gasteiger partial charge in [0, 0.05) is 17.2 Å². The second kappa shape index (κ2) is 10.1. The highest BCUT2D eigenvalue weighted by Gasteiger charge is 2.21. The van der Waals surface area contributed by atoms with Gasteiger partial charge in [0.15, 0.2) is 23.4 Å². The average Bonchev–Trinajstić information content (AvgIpc) is 3.26. The van der Waals surface area contributed by atoms with Crippen molar-refractivity contribution in [3.63, 3.8) is 0 Å². The number of aliphatic carboxylic acids is 1. The Morgan fingerprint density at radius 3 is 2.75 bits per heavy atom. The number of nitrogens with one attached hydrogen (secondary N) is 1. The molecule has 3 aromatic carbocycles. The third kappa shape index (κ3) is 4.86. The first-order valence-corrected chi connectivity index (χ1v) is 12.3. The number of nitrogens with zero attached hydrogens (tertiary/aromatic N) is 2. The molecule has 0 aliphatic carbocycles.